The minimum absolute atomic E-state index is 0.370. The lowest BCUT2D eigenvalue weighted by Gasteiger charge is -2.06. The maximum absolute atomic E-state index is 12.1. The third-order valence-corrected chi connectivity index (χ3v) is 2.31. The van der Waals surface area contributed by atoms with Crippen LogP contribution in [-0.2, 0) is 16.3 Å². The summed E-state index contributed by atoms with van der Waals surface area (Å²) in [6.45, 7) is 6.00. The fourth-order valence-electron chi connectivity index (χ4n) is 0.833. The standard InChI is InChI=1S/C7H5F3O3S.C2H4/c8-7(9,10)5-2-1-3-6(4-5)14(11,12)13;1-2/h1-4H,(H,11,12,13);1-2H2. The molecule has 1 aromatic carbocycles. The van der Waals surface area contributed by atoms with Crippen LogP contribution in [0.15, 0.2) is 42.3 Å². The molecule has 0 saturated heterocycles. The van der Waals surface area contributed by atoms with Crippen molar-refractivity contribution < 1.29 is 26.1 Å². The van der Waals surface area contributed by atoms with E-state index in [0.717, 1.165) is 12.1 Å². The van der Waals surface area contributed by atoms with Crippen LogP contribution >= 0.6 is 0 Å². The first-order valence-electron chi connectivity index (χ1n) is 3.86. The Morgan fingerprint density at radius 3 is 2.06 bits per heavy atom. The molecule has 90 valence electrons. The van der Waals surface area contributed by atoms with Crippen molar-refractivity contribution in [1.82, 2.24) is 0 Å². The molecule has 0 aliphatic carbocycles. The first-order chi connectivity index (χ1) is 7.21. The van der Waals surface area contributed by atoms with Gasteiger partial charge in [0.25, 0.3) is 10.1 Å². The van der Waals surface area contributed by atoms with Gasteiger partial charge < -0.3 is 0 Å². The summed E-state index contributed by atoms with van der Waals surface area (Å²) >= 11 is 0. The molecule has 0 aliphatic rings. The molecule has 0 heterocycles. The highest BCUT2D eigenvalue weighted by Gasteiger charge is 2.31. The zero-order valence-electron chi connectivity index (χ0n) is 8.03. The largest absolute Gasteiger partial charge is 0.416 e. The van der Waals surface area contributed by atoms with Crippen molar-refractivity contribution in [3.8, 4) is 0 Å². The quantitative estimate of drug-likeness (QED) is 0.619. The van der Waals surface area contributed by atoms with Crippen molar-refractivity contribution in [2.45, 2.75) is 11.1 Å². The second-order valence-corrected chi connectivity index (χ2v) is 3.92. The first-order valence-corrected chi connectivity index (χ1v) is 5.30. The van der Waals surface area contributed by atoms with E-state index in [4.69, 9.17) is 4.55 Å². The molecule has 1 aromatic rings. The molecule has 16 heavy (non-hydrogen) atoms. The Labute approximate surface area is 91.0 Å². The van der Waals surface area contributed by atoms with E-state index in [1.54, 1.807) is 0 Å². The van der Waals surface area contributed by atoms with Gasteiger partial charge >= 0.3 is 6.18 Å². The topological polar surface area (TPSA) is 54.4 Å². The van der Waals surface area contributed by atoms with Crippen LogP contribution in [-0.4, -0.2) is 13.0 Å². The molecule has 0 fully saturated rings. The predicted molar refractivity (Wildman–Crippen MR) is 52.5 cm³/mol. The summed E-state index contributed by atoms with van der Waals surface area (Å²) in [7, 11) is -4.59. The number of alkyl halides is 3. The molecule has 0 unspecified atom stereocenters. The van der Waals surface area contributed by atoms with E-state index in [1.165, 1.54) is 0 Å². The lowest BCUT2D eigenvalue weighted by Crippen LogP contribution is -2.07. The number of benzene rings is 1. The van der Waals surface area contributed by atoms with Crippen LogP contribution in [0.4, 0.5) is 13.2 Å². The molecule has 7 heteroatoms. The summed E-state index contributed by atoms with van der Waals surface area (Å²) in [5.41, 5.74) is -1.12. The smallest absolute Gasteiger partial charge is 0.282 e. The predicted octanol–water partition coefficient (Wildman–Crippen LogP) is 2.75. The number of rotatable bonds is 1. The van der Waals surface area contributed by atoms with E-state index in [0.29, 0.717) is 12.1 Å². The first kappa shape index (κ1) is 14.7. The Morgan fingerprint density at radius 1 is 1.19 bits per heavy atom. The summed E-state index contributed by atoms with van der Waals surface area (Å²) in [6, 6.07) is 2.88. The number of hydrogen-bond acceptors (Lipinski definition) is 2. The van der Waals surface area contributed by atoms with Gasteiger partial charge in [0.05, 0.1) is 10.5 Å². The van der Waals surface area contributed by atoms with Crippen LogP contribution in [0.5, 0.6) is 0 Å². The molecule has 0 bridgehead atoms. The van der Waals surface area contributed by atoms with Gasteiger partial charge in [-0.05, 0) is 18.2 Å². The average Bonchev–Trinajstić information content (AvgIpc) is 2.18. The Morgan fingerprint density at radius 2 is 1.69 bits per heavy atom. The van der Waals surface area contributed by atoms with Crippen LogP contribution in [0.25, 0.3) is 0 Å². The molecule has 3 nitrogen and oxygen atoms in total. The fourth-order valence-corrected chi connectivity index (χ4v) is 1.36. The zero-order valence-corrected chi connectivity index (χ0v) is 8.85. The second-order valence-electron chi connectivity index (χ2n) is 2.50. The molecule has 0 spiro atoms. The highest BCUT2D eigenvalue weighted by atomic mass is 32.2. The molecule has 0 amide bonds. The minimum Gasteiger partial charge on any atom is -0.282 e. The van der Waals surface area contributed by atoms with Gasteiger partial charge in [0, 0.05) is 0 Å². The van der Waals surface area contributed by atoms with E-state index >= 15 is 0 Å². The average molecular weight is 254 g/mol. The lowest BCUT2D eigenvalue weighted by molar-refractivity contribution is -0.137. The minimum atomic E-state index is -4.62. The van der Waals surface area contributed by atoms with Gasteiger partial charge in [-0.2, -0.15) is 21.6 Å². The molecule has 0 saturated carbocycles. The van der Waals surface area contributed by atoms with Crippen LogP contribution in [0.2, 0.25) is 0 Å². The number of halogens is 3. The Hall–Kier alpha value is -1.34. The van der Waals surface area contributed by atoms with E-state index in [2.05, 4.69) is 13.2 Å². The summed E-state index contributed by atoms with van der Waals surface area (Å²) in [5, 5.41) is 0. The maximum atomic E-state index is 12.1. The molecule has 0 atom stereocenters. The third kappa shape index (κ3) is 4.03. The van der Waals surface area contributed by atoms with Crippen LogP contribution in [0.3, 0.4) is 0 Å². The second kappa shape index (κ2) is 5.13. The van der Waals surface area contributed by atoms with E-state index in [1.807, 2.05) is 0 Å². The van der Waals surface area contributed by atoms with Crippen LogP contribution in [0, 0.1) is 0 Å². The zero-order chi connectivity index (χ0) is 13.0. The number of hydrogen-bond donors (Lipinski definition) is 1. The van der Waals surface area contributed by atoms with Gasteiger partial charge in [0.15, 0.2) is 0 Å². The van der Waals surface area contributed by atoms with E-state index in [-0.39, 0.29) is 0 Å². The molecule has 1 N–H and O–H groups in total. The van der Waals surface area contributed by atoms with E-state index in [9.17, 15) is 21.6 Å². The van der Waals surface area contributed by atoms with Crippen molar-refractivity contribution in [2.24, 2.45) is 0 Å². The van der Waals surface area contributed by atoms with Gasteiger partial charge in [0.1, 0.15) is 0 Å². The Bertz CT molecular complexity index is 451. The van der Waals surface area contributed by atoms with Crippen LogP contribution < -0.4 is 0 Å². The van der Waals surface area contributed by atoms with Crippen molar-refractivity contribution in [2.75, 3.05) is 0 Å². The van der Waals surface area contributed by atoms with Crippen molar-refractivity contribution >= 4 is 10.1 Å². The molecular formula is C9H9F3O3S. The van der Waals surface area contributed by atoms with Crippen LogP contribution in [0.1, 0.15) is 5.56 Å². The van der Waals surface area contributed by atoms with Crippen molar-refractivity contribution in [3.63, 3.8) is 0 Å². The van der Waals surface area contributed by atoms with Gasteiger partial charge in [0.2, 0.25) is 0 Å². The Kier molecular flexibility index (Phi) is 4.70. The summed E-state index contributed by atoms with van der Waals surface area (Å²) in [6.07, 6.45) is -4.62. The van der Waals surface area contributed by atoms with Gasteiger partial charge in [-0.15, -0.1) is 13.2 Å². The van der Waals surface area contributed by atoms with Crippen molar-refractivity contribution in [1.29, 1.82) is 0 Å². The van der Waals surface area contributed by atoms with Crippen molar-refractivity contribution in [3.05, 3.63) is 43.0 Å². The SMILES string of the molecule is C=C.O=S(=O)(O)c1cccc(C(F)(F)F)c1. The molecule has 1 rings (SSSR count). The Balaban J connectivity index is 0.00000106. The summed E-state index contributed by atoms with van der Waals surface area (Å²) < 4.78 is 65.7. The summed E-state index contributed by atoms with van der Waals surface area (Å²) in [4.78, 5) is -0.771. The maximum Gasteiger partial charge on any atom is 0.416 e. The van der Waals surface area contributed by atoms with Gasteiger partial charge in [-0.25, -0.2) is 0 Å². The molecule has 0 radical (unpaired) electrons. The van der Waals surface area contributed by atoms with Gasteiger partial charge in [-0.3, -0.25) is 4.55 Å². The molecule has 0 aliphatic heterocycles. The molecular weight excluding hydrogens is 245 g/mol. The fraction of sp³-hybridized carbons (Fsp3) is 0.111. The third-order valence-electron chi connectivity index (χ3n) is 1.46. The highest BCUT2D eigenvalue weighted by molar-refractivity contribution is 7.85. The summed E-state index contributed by atoms with van der Waals surface area (Å²) in [5.74, 6) is 0. The highest BCUT2D eigenvalue weighted by Crippen LogP contribution is 2.30. The van der Waals surface area contributed by atoms with Gasteiger partial charge in [-0.1, -0.05) is 6.07 Å². The normalized spacial score (nSPS) is 11.5. The lowest BCUT2D eigenvalue weighted by atomic mass is 10.2. The van der Waals surface area contributed by atoms with E-state index < -0.39 is 26.8 Å². The monoisotopic (exact) mass is 254 g/mol. The molecule has 0 aromatic heterocycles.